The molecule has 0 aromatic carbocycles. The first-order chi connectivity index (χ1) is 11.2. The van der Waals surface area contributed by atoms with E-state index in [1.54, 1.807) is 6.20 Å². The number of hydrogen-bond donors (Lipinski definition) is 1. The Bertz CT molecular complexity index is 796. The van der Waals surface area contributed by atoms with Crippen molar-refractivity contribution in [2.24, 2.45) is 0 Å². The van der Waals surface area contributed by atoms with Crippen LogP contribution in [0.15, 0.2) is 30.6 Å². The van der Waals surface area contributed by atoms with Crippen molar-refractivity contribution in [1.29, 1.82) is 0 Å². The fourth-order valence-electron chi connectivity index (χ4n) is 3.27. The Kier molecular flexibility index (Phi) is 3.90. The molecular weight excluding hydrogens is 302 g/mol. The molecule has 0 bridgehead atoms. The molecule has 1 aliphatic heterocycles. The number of amides is 1. The van der Waals surface area contributed by atoms with Gasteiger partial charge in [0, 0.05) is 29.9 Å². The molecule has 3 heterocycles. The van der Waals surface area contributed by atoms with Crippen LogP contribution in [0.5, 0.6) is 0 Å². The van der Waals surface area contributed by atoms with E-state index in [0.717, 1.165) is 28.6 Å². The number of hydrogen-bond acceptors (Lipinski definition) is 3. The predicted octanol–water partition coefficient (Wildman–Crippen LogP) is 4.37. The van der Waals surface area contributed by atoms with E-state index in [2.05, 4.69) is 36.0 Å². The highest BCUT2D eigenvalue weighted by Crippen LogP contribution is 2.39. The molecule has 0 atom stereocenters. The summed E-state index contributed by atoms with van der Waals surface area (Å²) in [6.45, 7) is 10.5. The van der Waals surface area contributed by atoms with E-state index in [0.29, 0.717) is 6.54 Å². The number of carbonyl (C=O) groups excluding carboxylic acids is 1. The van der Waals surface area contributed by atoms with Crippen LogP contribution in [0.2, 0.25) is 0 Å². The molecule has 0 radical (unpaired) electrons. The van der Waals surface area contributed by atoms with Gasteiger partial charge < -0.3 is 9.72 Å². The van der Waals surface area contributed by atoms with E-state index in [4.69, 9.17) is 4.74 Å². The smallest absolute Gasteiger partial charge is 0.411 e. The molecule has 128 valence electrons. The minimum atomic E-state index is -0.501. The minimum absolute atomic E-state index is 0.268. The topological polar surface area (TPSA) is 58.2 Å². The van der Waals surface area contributed by atoms with Gasteiger partial charge in [-0.1, -0.05) is 6.08 Å². The molecular formula is C19H25N3O2. The van der Waals surface area contributed by atoms with Gasteiger partial charge in [0.25, 0.3) is 0 Å². The first kappa shape index (κ1) is 16.6. The average molecular weight is 327 g/mol. The zero-order valence-corrected chi connectivity index (χ0v) is 15.0. The number of nitrogens with zero attached hydrogens (tertiary/aromatic N) is 2. The lowest BCUT2D eigenvalue weighted by Crippen LogP contribution is -2.52. The molecule has 5 nitrogen and oxygen atoms in total. The summed E-state index contributed by atoms with van der Waals surface area (Å²) in [4.78, 5) is 22.1. The summed E-state index contributed by atoms with van der Waals surface area (Å²) in [5.74, 6) is 0. The average Bonchev–Trinajstić information content (AvgIpc) is 2.88. The Morgan fingerprint density at radius 3 is 2.83 bits per heavy atom. The van der Waals surface area contributed by atoms with E-state index < -0.39 is 11.1 Å². The first-order valence-electron chi connectivity index (χ1n) is 8.34. The van der Waals surface area contributed by atoms with E-state index in [9.17, 15) is 4.79 Å². The second kappa shape index (κ2) is 5.65. The SMILES string of the molecule is CC(C)(C)OC(=O)N1CCC=C(c2c[nH]c3ncccc23)C1(C)C. The summed E-state index contributed by atoms with van der Waals surface area (Å²) in [5.41, 5.74) is 2.12. The van der Waals surface area contributed by atoms with E-state index >= 15 is 0 Å². The van der Waals surface area contributed by atoms with E-state index in [1.807, 2.05) is 37.9 Å². The van der Waals surface area contributed by atoms with Gasteiger partial charge in [-0.05, 0) is 58.7 Å². The molecule has 0 spiro atoms. The quantitative estimate of drug-likeness (QED) is 0.846. The fourth-order valence-corrected chi connectivity index (χ4v) is 3.27. The van der Waals surface area contributed by atoms with Crippen molar-refractivity contribution in [3.8, 4) is 0 Å². The maximum atomic E-state index is 12.7. The number of nitrogens with one attached hydrogen (secondary N) is 1. The minimum Gasteiger partial charge on any atom is -0.444 e. The maximum Gasteiger partial charge on any atom is 0.411 e. The fraction of sp³-hybridized carbons (Fsp3) is 0.474. The second-order valence-corrected chi connectivity index (χ2v) is 7.70. The molecule has 0 fully saturated rings. The molecule has 5 heteroatoms. The van der Waals surface area contributed by atoms with Crippen LogP contribution < -0.4 is 0 Å². The van der Waals surface area contributed by atoms with Crippen LogP contribution in [0.25, 0.3) is 16.6 Å². The molecule has 0 saturated heterocycles. The van der Waals surface area contributed by atoms with Crippen molar-refractivity contribution >= 4 is 22.7 Å². The Balaban J connectivity index is 1.98. The molecule has 0 saturated carbocycles. The lowest BCUT2D eigenvalue weighted by molar-refractivity contribution is 0.0110. The van der Waals surface area contributed by atoms with Crippen LogP contribution in [0.1, 0.15) is 46.6 Å². The molecule has 0 aliphatic carbocycles. The van der Waals surface area contributed by atoms with Gasteiger partial charge in [0.15, 0.2) is 0 Å². The van der Waals surface area contributed by atoms with Gasteiger partial charge in [-0.2, -0.15) is 0 Å². The largest absolute Gasteiger partial charge is 0.444 e. The van der Waals surface area contributed by atoms with Crippen molar-refractivity contribution in [1.82, 2.24) is 14.9 Å². The summed E-state index contributed by atoms with van der Waals surface area (Å²) in [5, 5.41) is 1.07. The highest BCUT2D eigenvalue weighted by molar-refractivity contribution is 5.94. The summed E-state index contributed by atoms with van der Waals surface area (Å²) in [6.07, 6.45) is 6.51. The zero-order valence-electron chi connectivity index (χ0n) is 15.0. The summed E-state index contributed by atoms with van der Waals surface area (Å²) in [6, 6.07) is 3.99. The number of rotatable bonds is 1. The lowest BCUT2D eigenvalue weighted by atomic mass is 9.83. The molecule has 3 rings (SSSR count). The summed E-state index contributed by atoms with van der Waals surface area (Å²) >= 11 is 0. The number of H-pyrrole nitrogens is 1. The second-order valence-electron chi connectivity index (χ2n) is 7.70. The predicted molar refractivity (Wildman–Crippen MR) is 95.7 cm³/mol. The Morgan fingerprint density at radius 2 is 2.12 bits per heavy atom. The van der Waals surface area contributed by atoms with Crippen LogP contribution in [0.3, 0.4) is 0 Å². The third kappa shape index (κ3) is 2.90. The molecule has 1 aliphatic rings. The van der Waals surface area contributed by atoms with Crippen molar-refractivity contribution in [3.63, 3.8) is 0 Å². The third-order valence-corrected chi connectivity index (χ3v) is 4.39. The molecule has 1 N–H and O–H groups in total. The molecule has 24 heavy (non-hydrogen) atoms. The van der Waals surface area contributed by atoms with Crippen LogP contribution in [0, 0.1) is 0 Å². The van der Waals surface area contributed by atoms with Gasteiger partial charge in [0.1, 0.15) is 11.2 Å². The standard InChI is InChI=1S/C19H25N3O2/c1-18(2,3)24-17(23)22-11-7-9-15(19(22,4)5)14-12-21-16-13(14)8-6-10-20-16/h6,8-10,12H,7,11H2,1-5H3,(H,20,21). The maximum absolute atomic E-state index is 12.7. The number of aromatic nitrogens is 2. The lowest BCUT2D eigenvalue weighted by Gasteiger charge is -2.43. The van der Waals surface area contributed by atoms with Crippen LogP contribution >= 0.6 is 0 Å². The van der Waals surface area contributed by atoms with Crippen molar-refractivity contribution in [2.75, 3.05) is 6.54 Å². The van der Waals surface area contributed by atoms with Crippen molar-refractivity contribution in [2.45, 2.75) is 52.2 Å². The normalized spacial score (nSPS) is 17.7. The summed E-state index contributed by atoms with van der Waals surface area (Å²) < 4.78 is 5.61. The number of aromatic amines is 1. The monoisotopic (exact) mass is 327 g/mol. The molecule has 2 aromatic rings. The van der Waals surface area contributed by atoms with E-state index in [1.165, 1.54) is 0 Å². The molecule has 0 unspecified atom stereocenters. The number of ether oxygens (including phenoxy) is 1. The molecule has 2 aromatic heterocycles. The molecule has 1 amide bonds. The third-order valence-electron chi connectivity index (χ3n) is 4.39. The van der Waals surface area contributed by atoms with Crippen LogP contribution in [0.4, 0.5) is 4.79 Å². The highest BCUT2D eigenvalue weighted by Gasteiger charge is 2.39. The van der Waals surface area contributed by atoms with Gasteiger partial charge in [-0.25, -0.2) is 9.78 Å². The number of carbonyl (C=O) groups is 1. The first-order valence-corrected chi connectivity index (χ1v) is 8.34. The van der Waals surface area contributed by atoms with Gasteiger partial charge in [0.2, 0.25) is 0 Å². The van der Waals surface area contributed by atoms with Gasteiger partial charge in [-0.15, -0.1) is 0 Å². The van der Waals surface area contributed by atoms with Gasteiger partial charge in [-0.3, -0.25) is 4.90 Å². The van der Waals surface area contributed by atoms with Gasteiger partial charge in [0.05, 0.1) is 5.54 Å². The highest BCUT2D eigenvalue weighted by atomic mass is 16.6. The number of fused-ring (bicyclic) bond motifs is 1. The summed E-state index contributed by atoms with van der Waals surface area (Å²) in [7, 11) is 0. The van der Waals surface area contributed by atoms with Crippen LogP contribution in [-0.4, -0.2) is 38.6 Å². The van der Waals surface area contributed by atoms with Crippen molar-refractivity contribution in [3.05, 3.63) is 36.2 Å². The van der Waals surface area contributed by atoms with Crippen LogP contribution in [-0.2, 0) is 4.74 Å². The Morgan fingerprint density at radius 1 is 1.38 bits per heavy atom. The zero-order chi connectivity index (χ0) is 17.5. The van der Waals surface area contributed by atoms with Gasteiger partial charge >= 0.3 is 6.09 Å². The van der Waals surface area contributed by atoms with Crippen molar-refractivity contribution < 1.29 is 9.53 Å². The number of pyridine rings is 1. The Hall–Kier alpha value is -2.30. The van der Waals surface area contributed by atoms with E-state index in [-0.39, 0.29) is 6.09 Å². The Labute approximate surface area is 142 Å².